The Bertz CT molecular complexity index is 562. The van der Waals surface area contributed by atoms with Crippen LogP contribution in [-0.4, -0.2) is 32.8 Å². The predicted octanol–water partition coefficient (Wildman–Crippen LogP) is 0.863. The van der Waals surface area contributed by atoms with Crippen LogP contribution < -0.4 is 4.72 Å². The number of aliphatic hydroxyl groups is 1. The highest BCUT2D eigenvalue weighted by atomic mass is 32.2. The molecule has 1 fully saturated rings. The largest absolute Gasteiger partial charge is 0.392 e. The highest BCUT2D eigenvalue weighted by molar-refractivity contribution is 7.89. The predicted molar refractivity (Wildman–Crippen MR) is 71.4 cm³/mol. The highest BCUT2D eigenvalue weighted by Gasteiger charge is 2.25. The van der Waals surface area contributed by atoms with Crippen molar-refractivity contribution in [1.82, 2.24) is 4.72 Å². The molecule has 0 saturated carbocycles. The maximum Gasteiger partial charge on any atom is 0.241 e. The summed E-state index contributed by atoms with van der Waals surface area (Å²) in [5.74, 6) is 0. The van der Waals surface area contributed by atoms with E-state index >= 15 is 0 Å². The molecule has 1 aliphatic rings. The van der Waals surface area contributed by atoms with Crippen LogP contribution in [-0.2, 0) is 21.4 Å². The van der Waals surface area contributed by atoms with Crippen molar-refractivity contribution < 1.29 is 18.3 Å². The summed E-state index contributed by atoms with van der Waals surface area (Å²) in [5, 5.41) is 9.25. The Morgan fingerprint density at radius 3 is 2.68 bits per heavy atom. The van der Waals surface area contributed by atoms with E-state index in [4.69, 9.17) is 4.74 Å². The maximum absolute atomic E-state index is 12.3. The van der Waals surface area contributed by atoms with Crippen LogP contribution in [0.3, 0.4) is 0 Å². The number of aliphatic hydroxyl groups excluding tert-OH is 1. The fraction of sp³-hybridized carbons (Fsp3) is 0.538. The van der Waals surface area contributed by atoms with Gasteiger partial charge in [-0.1, -0.05) is 6.07 Å². The van der Waals surface area contributed by atoms with E-state index in [-0.39, 0.29) is 17.5 Å². The van der Waals surface area contributed by atoms with Gasteiger partial charge in [0.05, 0.1) is 18.1 Å². The Morgan fingerprint density at radius 1 is 1.37 bits per heavy atom. The van der Waals surface area contributed by atoms with Gasteiger partial charge in [-0.3, -0.25) is 0 Å². The molecule has 2 N–H and O–H groups in total. The molecule has 1 atom stereocenters. The van der Waals surface area contributed by atoms with Crippen LogP contribution in [0, 0.1) is 13.8 Å². The zero-order valence-corrected chi connectivity index (χ0v) is 12.0. The number of ether oxygens (including phenoxy) is 1. The van der Waals surface area contributed by atoms with Crippen LogP contribution in [0.15, 0.2) is 17.0 Å². The highest BCUT2D eigenvalue weighted by Crippen LogP contribution is 2.21. The minimum Gasteiger partial charge on any atom is -0.392 e. The standard InChI is InChI=1S/C13H19NO4S/c1-9-5-10(2)13(6-11(9)7-15)19(16,17)14-12-3-4-18-8-12/h5-6,12,14-15H,3-4,7-8H2,1-2H3. The molecule has 1 aromatic rings. The third kappa shape index (κ3) is 3.14. The van der Waals surface area contributed by atoms with Crippen LogP contribution in [0.4, 0.5) is 0 Å². The number of hydrogen-bond acceptors (Lipinski definition) is 4. The fourth-order valence-corrected chi connectivity index (χ4v) is 3.78. The quantitative estimate of drug-likeness (QED) is 0.860. The second-order valence-electron chi connectivity index (χ2n) is 4.88. The molecule has 0 aliphatic carbocycles. The number of rotatable bonds is 4. The van der Waals surface area contributed by atoms with E-state index in [9.17, 15) is 13.5 Å². The molecule has 0 spiro atoms. The Labute approximate surface area is 113 Å². The van der Waals surface area contributed by atoms with Gasteiger partial charge in [0.1, 0.15) is 0 Å². The average Bonchev–Trinajstić information content (AvgIpc) is 2.80. The smallest absolute Gasteiger partial charge is 0.241 e. The van der Waals surface area contributed by atoms with Gasteiger partial charge in [0, 0.05) is 12.6 Å². The lowest BCUT2D eigenvalue weighted by Crippen LogP contribution is -2.35. The van der Waals surface area contributed by atoms with Crippen molar-refractivity contribution in [1.29, 1.82) is 0 Å². The molecule has 19 heavy (non-hydrogen) atoms. The lowest BCUT2D eigenvalue weighted by Gasteiger charge is -2.15. The van der Waals surface area contributed by atoms with Crippen molar-refractivity contribution in [2.45, 2.75) is 37.8 Å². The molecule has 6 heteroatoms. The number of aryl methyl sites for hydroxylation is 2. The molecule has 1 unspecified atom stereocenters. The maximum atomic E-state index is 12.3. The van der Waals surface area contributed by atoms with Crippen molar-refractivity contribution in [3.05, 3.63) is 28.8 Å². The topological polar surface area (TPSA) is 75.6 Å². The molecule has 1 aliphatic heterocycles. The van der Waals surface area contributed by atoms with Crippen molar-refractivity contribution >= 4 is 10.0 Å². The summed E-state index contributed by atoms with van der Waals surface area (Å²) in [6.07, 6.45) is 0.691. The summed E-state index contributed by atoms with van der Waals surface area (Å²) < 4.78 is 32.5. The zero-order chi connectivity index (χ0) is 14.0. The van der Waals surface area contributed by atoms with E-state index in [1.807, 2.05) is 6.92 Å². The fourth-order valence-electron chi connectivity index (χ4n) is 2.24. The molecule has 0 aromatic heterocycles. The second kappa shape index (κ2) is 5.58. The summed E-state index contributed by atoms with van der Waals surface area (Å²) in [7, 11) is -3.56. The Hall–Kier alpha value is -0.950. The van der Waals surface area contributed by atoms with Gasteiger partial charge in [-0.2, -0.15) is 0 Å². The first-order valence-electron chi connectivity index (χ1n) is 6.25. The van der Waals surface area contributed by atoms with Gasteiger partial charge in [-0.15, -0.1) is 0 Å². The third-order valence-electron chi connectivity index (χ3n) is 3.34. The van der Waals surface area contributed by atoms with Crippen molar-refractivity contribution in [2.24, 2.45) is 0 Å². The Morgan fingerprint density at radius 2 is 2.11 bits per heavy atom. The molecule has 5 nitrogen and oxygen atoms in total. The van der Waals surface area contributed by atoms with E-state index in [2.05, 4.69) is 4.72 Å². The first-order chi connectivity index (χ1) is 8.94. The van der Waals surface area contributed by atoms with E-state index in [1.54, 1.807) is 19.1 Å². The minimum atomic E-state index is -3.56. The number of hydrogen-bond donors (Lipinski definition) is 2. The first-order valence-corrected chi connectivity index (χ1v) is 7.73. The lowest BCUT2D eigenvalue weighted by atomic mass is 10.1. The molecule has 1 aromatic carbocycles. The molecule has 2 rings (SSSR count). The second-order valence-corrected chi connectivity index (χ2v) is 6.57. The molecular formula is C13H19NO4S. The summed E-state index contributed by atoms with van der Waals surface area (Å²) in [5.41, 5.74) is 2.21. The molecule has 0 amide bonds. The molecule has 1 saturated heterocycles. The van der Waals surface area contributed by atoms with Gasteiger partial charge in [0.2, 0.25) is 10.0 Å². The summed E-state index contributed by atoms with van der Waals surface area (Å²) in [6.45, 7) is 4.45. The Balaban J connectivity index is 2.33. The molecular weight excluding hydrogens is 266 g/mol. The lowest BCUT2D eigenvalue weighted by molar-refractivity contribution is 0.192. The van der Waals surface area contributed by atoms with Gasteiger partial charge >= 0.3 is 0 Å². The van der Waals surface area contributed by atoms with Crippen LogP contribution in [0.5, 0.6) is 0 Å². The number of sulfonamides is 1. The summed E-state index contributed by atoms with van der Waals surface area (Å²) in [6, 6.07) is 3.16. The van der Waals surface area contributed by atoms with Crippen LogP contribution >= 0.6 is 0 Å². The number of nitrogens with one attached hydrogen (secondary N) is 1. The van der Waals surface area contributed by atoms with Crippen LogP contribution in [0.25, 0.3) is 0 Å². The van der Waals surface area contributed by atoms with E-state index in [0.717, 1.165) is 5.56 Å². The molecule has 0 bridgehead atoms. The monoisotopic (exact) mass is 285 g/mol. The molecule has 0 radical (unpaired) electrons. The molecule has 1 heterocycles. The summed E-state index contributed by atoms with van der Waals surface area (Å²) >= 11 is 0. The minimum absolute atomic E-state index is 0.164. The summed E-state index contributed by atoms with van der Waals surface area (Å²) in [4.78, 5) is 0.231. The van der Waals surface area contributed by atoms with E-state index < -0.39 is 10.0 Å². The number of benzene rings is 1. The van der Waals surface area contributed by atoms with E-state index in [1.165, 1.54) is 0 Å². The van der Waals surface area contributed by atoms with Crippen molar-refractivity contribution in [3.63, 3.8) is 0 Å². The van der Waals surface area contributed by atoms with Crippen LogP contribution in [0.2, 0.25) is 0 Å². The van der Waals surface area contributed by atoms with Crippen LogP contribution in [0.1, 0.15) is 23.1 Å². The van der Waals surface area contributed by atoms with Gasteiger partial charge in [-0.05, 0) is 43.0 Å². The Kier molecular flexibility index (Phi) is 4.25. The normalized spacial score (nSPS) is 19.8. The van der Waals surface area contributed by atoms with Gasteiger partial charge in [0.25, 0.3) is 0 Å². The van der Waals surface area contributed by atoms with Crippen molar-refractivity contribution in [2.75, 3.05) is 13.2 Å². The van der Waals surface area contributed by atoms with Gasteiger partial charge in [0.15, 0.2) is 0 Å². The van der Waals surface area contributed by atoms with Gasteiger partial charge in [-0.25, -0.2) is 13.1 Å². The molecule has 106 valence electrons. The SMILES string of the molecule is Cc1cc(C)c(S(=O)(=O)NC2CCOC2)cc1CO. The van der Waals surface area contributed by atoms with Crippen molar-refractivity contribution in [3.8, 4) is 0 Å². The van der Waals surface area contributed by atoms with E-state index in [0.29, 0.717) is 30.8 Å². The third-order valence-corrected chi connectivity index (χ3v) is 5.01. The first kappa shape index (κ1) is 14.5. The van der Waals surface area contributed by atoms with Gasteiger partial charge < -0.3 is 9.84 Å². The average molecular weight is 285 g/mol. The zero-order valence-electron chi connectivity index (χ0n) is 11.1.